The van der Waals surface area contributed by atoms with Crippen molar-refractivity contribution in [3.63, 3.8) is 0 Å². The van der Waals surface area contributed by atoms with E-state index in [9.17, 15) is 0 Å². The topological polar surface area (TPSA) is 73.5 Å². The number of aromatic amines is 2. The molecule has 3 aromatic heterocycles. The second kappa shape index (κ2) is 7.56. The van der Waals surface area contributed by atoms with Crippen molar-refractivity contribution in [1.82, 2.24) is 29.8 Å². The van der Waals surface area contributed by atoms with Crippen LogP contribution in [-0.2, 0) is 13.0 Å². The number of imidazole rings is 1. The maximum absolute atomic E-state index is 4.77. The minimum Gasteiger partial charge on any atom is -0.361 e. The van der Waals surface area contributed by atoms with Gasteiger partial charge in [-0.3, -0.25) is 9.88 Å². The Bertz CT molecular complexity index is 1050. The number of likely N-dealkylation sites (tertiary alicyclic amines) is 1. The number of piperidine rings is 1. The first kappa shape index (κ1) is 17.1. The monoisotopic (exact) mass is 372 g/mol. The Morgan fingerprint density at radius 1 is 1.11 bits per heavy atom. The summed E-state index contributed by atoms with van der Waals surface area (Å²) >= 11 is 0. The standard InChI is InChI=1S/C22H24N6/c1-4-17(19-6-7-24-20(19)5-1)15-28-10-2-3-16(14-28)11-18-12-23-13-21(27-18)22-25-8-9-26-22/h1,4-9,12-13,16,24H,2-3,10-11,14-15H2,(H,25,26). The molecule has 1 saturated heterocycles. The van der Waals surface area contributed by atoms with Crippen LogP contribution in [0.2, 0.25) is 0 Å². The van der Waals surface area contributed by atoms with Crippen molar-refractivity contribution in [2.45, 2.75) is 25.8 Å². The summed E-state index contributed by atoms with van der Waals surface area (Å²) in [4.78, 5) is 22.4. The highest BCUT2D eigenvalue weighted by atomic mass is 15.1. The van der Waals surface area contributed by atoms with Crippen LogP contribution in [0.3, 0.4) is 0 Å². The van der Waals surface area contributed by atoms with Gasteiger partial charge in [0.2, 0.25) is 0 Å². The molecular weight excluding hydrogens is 348 g/mol. The van der Waals surface area contributed by atoms with Gasteiger partial charge in [0, 0.05) is 48.8 Å². The molecule has 6 nitrogen and oxygen atoms in total. The van der Waals surface area contributed by atoms with Crippen molar-refractivity contribution in [3.05, 3.63) is 66.5 Å². The van der Waals surface area contributed by atoms with Gasteiger partial charge in [-0.25, -0.2) is 9.97 Å². The molecule has 0 bridgehead atoms. The molecule has 1 fully saturated rings. The molecule has 6 heteroatoms. The lowest BCUT2D eigenvalue weighted by molar-refractivity contribution is 0.167. The molecule has 0 spiro atoms. The number of rotatable bonds is 5. The molecule has 1 aromatic carbocycles. The Hall–Kier alpha value is -2.99. The number of nitrogens with one attached hydrogen (secondary N) is 2. The van der Waals surface area contributed by atoms with Crippen LogP contribution in [0.4, 0.5) is 0 Å². The maximum atomic E-state index is 4.77. The van der Waals surface area contributed by atoms with Gasteiger partial charge in [-0.1, -0.05) is 12.1 Å². The van der Waals surface area contributed by atoms with E-state index >= 15 is 0 Å². The highest BCUT2D eigenvalue weighted by Crippen LogP contribution is 2.25. The van der Waals surface area contributed by atoms with E-state index in [4.69, 9.17) is 4.98 Å². The van der Waals surface area contributed by atoms with E-state index in [2.05, 4.69) is 49.1 Å². The van der Waals surface area contributed by atoms with E-state index in [-0.39, 0.29) is 0 Å². The van der Waals surface area contributed by atoms with Crippen LogP contribution in [0.5, 0.6) is 0 Å². The molecule has 1 atom stereocenters. The van der Waals surface area contributed by atoms with E-state index in [1.165, 1.54) is 29.3 Å². The third-order valence-electron chi connectivity index (χ3n) is 5.61. The van der Waals surface area contributed by atoms with Crippen molar-refractivity contribution in [2.75, 3.05) is 13.1 Å². The first-order valence-corrected chi connectivity index (χ1v) is 9.93. The third kappa shape index (κ3) is 3.55. The molecule has 0 aliphatic carbocycles. The van der Waals surface area contributed by atoms with Gasteiger partial charge in [0.05, 0.1) is 11.9 Å². The van der Waals surface area contributed by atoms with Crippen LogP contribution in [-0.4, -0.2) is 42.9 Å². The molecule has 4 heterocycles. The summed E-state index contributed by atoms with van der Waals surface area (Å²) < 4.78 is 0. The van der Waals surface area contributed by atoms with Crippen molar-refractivity contribution in [1.29, 1.82) is 0 Å². The quantitative estimate of drug-likeness (QED) is 0.559. The molecule has 0 radical (unpaired) electrons. The van der Waals surface area contributed by atoms with Gasteiger partial charge in [-0.05, 0) is 49.4 Å². The maximum Gasteiger partial charge on any atom is 0.157 e. The highest BCUT2D eigenvalue weighted by Gasteiger charge is 2.21. The van der Waals surface area contributed by atoms with Crippen LogP contribution in [0.1, 0.15) is 24.1 Å². The van der Waals surface area contributed by atoms with Gasteiger partial charge in [0.1, 0.15) is 5.69 Å². The number of aromatic nitrogens is 5. The smallest absolute Gasteiger partial charge is 0.157 e. The molecule has 1 unspecified atom stereocenters. The molecule has 2 N–H and O–H groups in total. The second-order valence-electron chi connectivity index (χ2n) is 7.64. The Kier molecular flexibility index (Phi) is 4.62. The summed E-state index contributed by atoms with van der Waals surface area (Å²) in [5.41, 5.74) is 4.48. The molecule has 0 amide bonds. The van der Waals surface area contributed by atoms with E-state index in [0.29, 0.717) is 5.92 Å². The first-order chi connectivity index (χ1) is 13.8. The van der Waals surface area contributed by atoms with Crippen LogP contribution < -0.4 is 0 Å². The molecule has 142 valence electrons. The minimum atomic E-state index is 0.611. The SMILES string of the molecule is c1cc(CN2CCCC(Cc3cncc(-c4ncc[nH]4)n3)C2)c2cc[nH]c2c1. The van der Waals surface area contributed by atoms with Crippen LogP contribution in [0, 0.1) is 5.92 Å². The third-order valence-corrected chi connectivity index (χ3v) is 5.61. The Balaban J connectivity index is 1.27. The Morgan fingerprint density at radius 3 is 3.04 bits per heavy atom. The molecule has 28 heavy (non-hydrogen) atoms. The Labute approximate surface area is 164 Å². The number of H-pyrrole nitrogens is 2. The van der Waals surface area contributed by atoms with Gasteiger partial charge in [-0.15, -0.1) is 0 Å². The lowest BCUT2D eigenvalue weighted by atomic mass is 9.93. The van der Waals surface area contributed by atoms with E-state index in [0.717, 1.165) is 43.3 Å². The summed E-state index contributed by atoms with van der Waals surface area (Å²) in [6.45, 7) is 3.27. The van der Waals surface area contributed by atoms with Gasteiger partial charge in [0.25, 0.3) is 0 Å². The number of hydrogen-bond acceptors (Lipinski definition) is 4. The lowest BCUT2D eigenvalue weighted by Gasteiger charge is -2.32. The molecule has 1 aliphatic heterocycles. The van der Waals surface area contributed by atoms with Crippen LogP contribution in [0.25, 0.3) is 22.4 Å². The number of benzene rings is 1. The largest absolute Gasteiger partial charge is 0.361 e. The van der Waals surface area contributed by atoms with Gasteiger partial charge >= 0.3 is 0 Å². The highest BCUT2D eigenvalue weighted by molar-refractivity contribution is 5.82. The summed E-state index contributed by atoms with van der Waals surface area (Å²) in [7, 11) is 0. The van der Waals surface area contributed by atoms with Crippen LogP contribution in [0.15, 0.2) is 55.2 Å². The fraction of sp³-hybridized carbons (Fsp3) is 0.318. The molecular formula is C22H24N6. The molecule has 0 saturated carbocycles. The number of nitrogens with zero attached hydrogens (tertiary/aromatic N) is 4. The average molecular weight is 372 g/mol. The number of fused-ring (bicyclic) bond motifs is 1. The predicted molar refractivity (Wildman–Crippen MR) is 110 cm³/mol. The molecule has 5 rings (SSSR count). The van der Waals surface area contributed by atoms with Crippen molar-refractivity contribution in [3.8, 4) is 11.5 Å². The fourth-order valence-electron chi connectivity index (χ4n) is 4.31. The summed E-state index contributed by atoms with van der Waals surface area (Å²) in [5, 5.41) is 1.33. The summed E-state index contributed by atoms with van der Waals surface area (Å²) in [6.07, 6.45) is 12.7. The normalized spacial score (nSPS) is 17.9. The fourth-order valence-corrected chi connectivity index (χ4v) is 4.31. The second-order valence-corrected chi connectivity index (χ2v) is 7.64. The lowest BCUT2D eigenvalue weighted by Crippen LogP contribution is -2.35. The van der Waals surface area contributed by atoms with E-state index < -0.39 is 0 Å². The van der Waals surface area contributed by atoms with Gasteiger partial charge in [-0.2, -0.15) is 0 Å². The van der Waals surface area contributed by atoms with E-state index in [1.54, 1.807) is 12.4 Å². The minimum absolute atomic E-state index is 0.611. The van der Waals surface area contributed by atoms with Crippen LogP contribution >= 0.6 is 0 Å². The van der Waals surface area contributed by atoms with Crippen molar-refractivity contribution >= 4 is 10.9 Å². The van der Waals surface area contributed by atoms with Gasteiger partial charge in [0.15, 0.2) is 5.82 Å². The average Bonchev–Trinajstić information content (AvgIpc) is 3.41. The van der Waals surface area contributed by atoms with Crippen molar-refractivity contribution < 1.29 is 0 Å². The Morgan fingerprint density at radius 2 is 2.11 bits per heavy atom. The zero-order valence-corrected chi connectivity index (χ0v) is 15.8. The first-order valence-electron chi connectivity index (χ1n) is 9.93. The number of hydrogen-bond donors (Lipinski definition) is 2. The zero-order chi connectivity index (χ0) is 18.8. The van der Waals surface area contributed by atoms with Gasteiger partial charge < -0.3 is 9.97 Å². The molecule has 1 aliphatic rings. The zero-order valence-electron chi connectivity index (χ0n) is 15.8. The van der Waals surface area contributed by atoms with E-state index in [1.807, 2.05) is 18.6 Å². The predicted octanol–water partition coefficient (Wildman–Crippen LogP) is 3.80. The summed E-state index contributed by atoms with van der Waals surface area (Å²) in [5.74, 6) is 1.39. The molecule has 4 aromatic rings. The van der Waals surface area contributed by atoms with Crippen molar-refractivity contribution in [2.24, 2.45) is 5.92 Å². The summed E-state index contributed by atoms with van der Waals surface area (Å²) in [6, 6.07) is 8.72.